The molecule has 3 aliphatic rings. The first-order valence-electron chi connectivity index (χ1n) is 11.2. The van der Waals surface area contributed by atoms with Crippen molar-refractivity contribution in [3.8, 4) is 5.75 Å². The third-order valence-corrected chi connectivity index (χ3v) is 7.08. The van der Waals surface area contributed by atoms with Gasteiger partial charge in [-0.15, -0.1) is 0 Å². The molecule has 1 saturated carbocycles. The van der Waals surface area contributed by atoms with Gasteiger partial charge in [-0.1, -0.05) is 36.4 Å². The third kappa shape index (κ3) is 4.11. The second kappa shape index (κ2) is 8.12. The summed E-state index contributed by atoms with van der Waals surface area (Å²) in [5.41, 5.74) is 4.12. The molecule has 1 saturated heterocycles. The number of likely N-dealkylation sites (tertiary alicyclic amines) is 1. The molecule has 1 N–H and O–H groups in total. The number of piperidine rings is 1. The summed E-state index contributed by atoms with van der Waals surface area (Å²) in [5, 5.41) is 8.91. The topological polar surface area (TPSA) is 49.8 Å². The molecular formula is C26H28FNO3. The van der Waals surface area contributed by atoms with E-state index < -0.39 is 5.97 Å². The monoisotopic (exact) mass is 421 g/mol. The molecule has 162 valence electrons. The molecular weight excluding hydrogens is 393 g/mol. The Morgan fingerprint density at radius 1 is 1.19 bits per heavy atom. The molecule has 5 heteroatoms. The second-order valence-electron chi connectivity index (χ2n) is 9.16. The van der Waals surface area contributed by atoms with Crippen LogP contribution in [0.4, 0.5) is 4.39 Å². The maximum absolute atomic E-state index is 14.4. The predicted octanol–water partition coefficient (Wildman–Crippen LogP) is 5.07. The molecule has 0 atom stereocenters. The van der Waals surface area contributed by atoms with Gasteiger partial charge in [-0.2, -0.15) is 0 Å². The molecule has 5 rings (SSSR count). The zero-order valence-corrected chi connectivity index (χ0v) is 17.6. The molecule has 0 bridgehead atoms. The number of halogens is 1. The highest BCUT2D eigenvalue weighted by Gasteiger charge is 2.42. The van der Waals surface area contributed by atoms with E-state index in [-0.39, 0.29) is 17.7 Å². The van der Waals surface area contributed by atoms with E-state index in [1.807, 2.05) is 18.2 Å². The van der Waals surface area contributed by atoms with Crippen molar-refractivity contribution in [1.82, 2.24) is 4.90 Å². The first-order chi connectivity index (χ1) is 15.0. The van der Waals surface area contributed by atoms with Gasteiger partial charge in [0.25, 0.3) is 0 Å². The van der Waals surface area contributed by atoms with Gasteiger partial charge >= 0.3 is 5.97 Å². The minimum Gasteiger partial charge on any atom is -0.492 e. The number of carboxylic acid groups (broad SMARTS) is 1. The van der Waals surface area contributed by atoms with Crippen LogP contribution in [0.25, 0.3) is 12.2 Å². The number of hydrogen-bond donors (Lipinski definition) is 1. The average molecular weight is 422 g/mol. The number of fused-ring (bicyclic) bond motifs is 2. The molecule has 2 heterocycles. The number of aliphatic carboxylic acids is 1. The fraction of sp³-hybridized carbons (Fsp3) is 0.423. The summed E-state index contributed by atoms with van der Waals surface area (Å²) in [6, 6.07) is 11.7. The number of ether oxygens (including phenoxy) is 1. The number of benzene rings is 2. The summed E-state index contributed by atoms with van der Waals surface area (Å²) in [5.74, 6) is 0.527. The van der Waals surface area contributed by atoms with Crippen molar-refractivity contribution in [2.24, 2.45) is 0 Å². The molecule has 1 aliphatic carbocycles. The Balaban J connectivity index is 1.31. The van der Waals surface area contributed by atoms with Gasteiger partial charge in [-0.25, -0.2) is 4.39 Å². The standard InChI is InChI=1S/C26H28FNO3/c27-23-3-1-2-20(19-6-7-19)21(23)8-4-18-5-9-22-24(16-18)31-17-26(22)11-14-28(15-12-26)13-10-25(29)30/h1-5,8-9,16,19H,6-7,10-15,17H2,(H,29,30)/b8-4+. The number of rotatable bonds is 6. The summed E-state index contributed by atoms with van der Waals surface area (Å²) >= 11 is 0. The first kappa shape index (κ1) is 20.3. The van der Waals surface area contributed by atoms with Gasteiger partial charge < -0.3 is 14.7 Å². The largest absolute Gasteiger partial charge is 0.492 e. The van der Waals surface area contributed by atoms with Crippen LogP contribution in [-0.4, -0.2) is 42.2 Å². The van der Waals surface area contributed by atoms with Crippen molar-refractivity contribution in [1.29, 1.82) is 0 Å². The van der Waals surface area contributed by atoms with Gasteiger partial charge in [-0.3, -0.25) is 4.79 Å². The summed E-state index contributed by atoms with van der Waals surface area (Å²) in [6.45, 7) is 3.09. The number of nitrogens with zero attached hydrogens (tertiary/aromatic N) is 1. The zero-order valence-electron chi connectivity index (χ0n) is 17.6. The predicted molar refractivity (Wildman–Crippen MR) is 119 cm³/mol. The Bertz CT molecular complexity index is 1020. The van der Waals surface area contributed by atoms with E-state index in [1.54, 1.807) is 6.07 Å². The molecule has 0 amide bonds. The average Bonchev–Trinajstić information content (AvgIpc) is 3.56. The van der Waals surface area contributed by atoms with E-state index in [0.29, 0.717) is 24.6 Å². The summed E-state index contributed by atoms with van der Waals surface area (Å²) in [7, 11) is 0. The first-order valence-corrected chi connectivity index (χ1v) is 11.2. The molecule has 2 aliphatic heterocycles. The van der Waals surface area contributed by atoms with Crippen LogP contribution in [0.5, 0.6) is 5.75 Å². The summed E-state index contributed by atoms with van der Waals surface area (Å²) in [6.07, 6.45) is 8.33. The Labute approximate surface area is 182 Å². The fourth-order valence-electron chi connectivity index (χ4n) is 5.03. The highest BCUT2D eigenvalue weighted by Crippen LogP contribution is 2.46. The molecule has 31 heavy (non-hydrogen) atoms. The maximum Gasteiger partial charge on any atom is 0.304 e. The molecule has 0 aromatic heterocycles. The lowest BCUT2D eigenvalue weighted by atomic mass is 9.74. The lowest BCUT2D eigenvalue weighted by Gasteiger charge is -2.38. The van der Waals surface area contributed by atoms with E-state index in [9.17, 15) is 9.18 Å². The number of carbonyl (C=O) groups is 1. The number of carboxylic acids is 1. The van der Waals surface area contributed by atoms with Crippen LogP contribution in [0.2, 0.25) is 0 Å². The van der Waals surface area contributed by atoms with Gasteiger partial charge in [0, 0.05) is 23.1 Å². The SMILES string of the molecule is O=C(O)CCN1CCC2(CC1)COc1cc(/C=C/c3c(F)cccc3C3CC3)ccc12. The van der Waals surface area contributed by atoms with Crippen LogP contribution in [0.3, 0.4) is 0 Å². The van der Waals surface area contributed by atoms with E-state index >= 15 is 0 Å². The summed E-state index contributed by atoms with van der Waals surface area (Å²) in [4.78, 5) is 13.1. The summed E-state index contributed by atoms with van der Waals surface area (Å²) < 4.78 is 20.5. The smallest absolute Gasteiger partial charge is 0.304 e. The zero-order chi connectivity index (χ0) is 21.4. The lowest BCUT2D eigenvalue weighted by Crippen LogP contribution is -2.44. The van der Waals surface area contributed by atoms with Crippen LogP contribution in [0, 0.1) is 5.82 Å². The van der Waals surface area contributed by atoms with Gasteiger partial charge in [0.05, 0.1) is 13.0 Å². The fourth-order valence-corrected chi connectivity index (χ4v) is 5.03. The minimum absolute atomic E-state index is 0.0297. The van der Waals surface area contributed by atoms with Crippen molar-refractivity contribution < 1.29 is 19.0 Å². The maximum atomic E-state index is 14.4. The Kier molecular flexibility index (Phi) is 5.30. The number of hydrogen-bond acceptors (Lipinski definition) is 3. The van der Waals surface area contributed by atoms with Crippen molar-refractivity contribution in [2.75, 3.05) is 26.2 Å². The molecule has 4 nitrogen and oxygen atoms in total. The molecule has 2 fully saturated rings. The quantitative estimate of drug-likeness (QED) is 0.662. The van der Waals surface area contributed by atoms with Crippen molar-refractivity contribution in [3.63, 3.8) is 0 Å². The lowest BCUT2D eigenvalue weighted by molar-refractivity contribution is -0.137. The molecule has 2 aromatic carbocycles. The van der Waals surface area contributed by atoms with E-state index in [4.69, 9.17) is 9.84 Å². The highest BCUT2D eigenvalue weighted by atomic mass is 19.1. The van der Waals surface area contributed by atoms with Crippen LogP contribution in [0.1, 0.15) is 60.3 Å². The molecule has 2 aromatic rings. The van der Waals surface area contributed by atoms with Crippen molar-refractivity contribution >= 4 is 18.1 Å². The Morgan fingerprint density at radius 2 is 2.00 bits per heavy atom. The van der Waals surface area contributed by atoms with Gasteiger partial charge in [0.15, 0.2) is 0 Å². The van der Waals surface area contributed by atoms with Crippen molar-refractivity contribution in [3.05, 3.63) is 64.5 Å². The van der Waals surface area contributed by atoms with E-state index in [0.717, 1.165) is 55.6 Å². The van der Waals surface area contributed by atoms with Crippen LogP contribution in [0.15, 0.2) is 36.4 Å². The van der Waals surface area contributed by atoms with E-state index in [1.165, 1.54) is 11.6 Å². The highest BCUT2D eigenvalue weighted by molar-refractivity contribution is 5.73. The Morgan fingerprint density at radius 3 is 2.74 bits per heavy atom. The molecule has 0 unspecified atom stereocenters. The van der Waals surface area contributed by atoms with Crippen LogP contribution < -0.4 is 4.74 Å². The molecule has 1 spiro atoms. The second-order valence-corrected chi connectivity index (χ2v) is 9.16. The third-order valence-electron chi connectivity index (χ3n) is 7.08. The van der Waals surface area contributed by atoms with Gasteiger partial charge in [0.1, 0.15) is 11.6 Å². The van der Waals surface area contributed by atoms with Gasteiger partial charge in [0.2, 0.25) is 0 Å². The van der Waals surface area contributed by atoms with Crippen molar-refractivity contribution in [2.45, 2.75) is 43.4 Å². The Hall–Kier alpha value is -2.66. The van der Waals surface area contributed by atoms with E-state index in [2.05, 4.69) is 23.1 Å². The normalized spacial score (nSPS) is 20.2. The minimum atomic E-state index is -0.741. The van der Waals surface area contributed by atoms with Crippen LogP contribution >= 0.6 is 0 Å². The van der Waals surface area contributed by atoms with Gasteiger partial charge in [-0.05, 0) is 68.0 Å². The molecule has 0 radical (unpaired) electrons. The van der Waals surface area contributed by atoms with Crippen LogP contribution in [-0.2, 0) is 10.2 Å².